The molecule has 0 saturated carbocycles. The molecule has 10 nitrogen and oxygen atoms in total. The lowest BCUT2D eigenvalue weighted by atomic mass is 10.1. The Hall–Kier alpha value is -4.17. The van der Waals surface area contributed by atoms with Crippen LogP contribution in [0.1, 0.15) is 32.9 Å². The van der Waals surface area contributed by atoms with Crippen molar-refractivity contribution in [2.24, 2.45) is 0 Å². The minimum atomic E-state index is -0.494. The predicted molar refractivity (Wildman–Crippen MR) is 112 cm³/mol. The standard InChI is InChI=1S/C20H13N7O3S/c21-9-14-13-5-2-6-17(13)31-19(14)25-18(28)16-8-15(24-20-22-10-23-26(16)20)11-3-1-4-12(7-11)27(29)30/h1,3-4,7-8,10H,2,5-6H2,(H,25,28). The predicted octanol–water partition coefficient (Wildman–Crippen LogP) is 3.37. The molecule has 0 spiro atoms. The van der Waals surface area contributed by atoms with E-state index in [1.165, 1.54) is 40.4 Å². The SMILES string of the molecule is N#Cc1c(NC(=O)c2cc(-c3cccc([N+](=O)[O-])c3)nc3ncnn23)sc2c1CCC2. The summed E-state index contributed by atoms with van der Waals surface area (Å²) in [6.07, 6.45) is 4.03. The molecule has 0 radical (unpaired) electrons. The molecule has 152 valence electrons. The Morgan fingerprint density at radius 3 is 3.00 bits per heavy atom. The number of carbonyl (C=O) groups is 1. The molecule has 0 unspecified atom stereocenters. The van der Waals surface area contributed by atoms with Crippen molar-refractivity contribution in [3.05, 3.63) is 68.5 Å². The van der Waals surface area contributed by atoms with Gasteiger partial charge in [-0.25, -0.2) is 4.98 Å². The maximum absolute atomic E-state index is 13.1. The maximum Gasteiger partial charge on any atom is 0.275 e. The second-order valence-corrected chi connectivity index (χ2v) is 8.04. The van der Waals surface area contributed by atoms with Crippen molar-refractivity contribution in [3.8, 4) is 17.3 Å². The van der Waals surface area contributed by atoms with Gasteiger partial charge in [0.05, 0.1) is 16.2 Å². The van der Waals surface area contributed by atoms with Gasteiger partial charge in [-0.1, -0.05) is 12.1 Å². The van der Waals surface area contributed by atoms with Gasteiger partial charge >= 0.3 is 0 Å². The van der Waals surface area contributed by atoms with Gasteiger partial charge in [0.15, 0.2) is 0 Å². The van der Waals surface area contributed by atoms with Crippen LogP contribution in [0.25, 0.3) is 17.0 Å². The van der Waals surface area contributed by atoms with Crippen molar-refractivity contribution in [2.45, 2.75) is 19.3 Å². The van der Waals surface area contributed by atoms with E-state index < -0.39 is 10.8 Å². The minimum absolute atomic E-state index is 0.0848. The van der Waals surface area contributed by atoms with E-state index in [0.717, 1.165) is 29.7 Å². The zero-order valence-corrected chi connectivity index (χ0v) is 16.7. The van der Waals surface area contributed by atoms with Crippen LogP contribution < -0.4 is 5.32 Å². The van der Waals surface area contributed by atoms with Crippen LogP contribution in [0, 0.1) is 21.4 Å². The second kappa shape index (κ2) is 7.26. The van der Waals surface area contributed by atoms with Gasteiger partial charge in [0, 0.05) is 22.6 Å². The van der Waals surface area contributed by atoms with E-state index in [0.29, 0.717) is 21.8 Å². The maximum atomic E-state index is 13.1. The quantitative estimate of drug-likeness (QED) is 0.386. The third-order valence-corrected chi connectivity index (χ3v) is 6.30. The van der Waals surface area contributed by atoms with Crippen LogP contribution in [0.15, 0.2) is 36.7 Å². The summed E-state index contributed by atoms with van der Waals surface area (Å²) < 4.78 is 1.30. The Morgan fingerprint density at radius 2 is 2.19 bits per heavy atom. The number of carbonyl (C=O) groups excluding carboxylic acids is 1. The molecule has 3 aromatic heterocycles. The summed E-state index contributed by atoms with van der Waals surface area (Å²) in [5.74, 6) is -0.288. The fraction of sp³-hybridized carbons (Fsp3) is 0.150. The molecule has 1 amide bonds. The second-order valence-electron chi connectivity index (χ2n) is 6.93. The topological polar surface area (TPSA) is 139 Å². The number of rotatable bonds is 4. The van der Waals surface area contributed by atoms with E-state index in [2.05, 4.69) is 26.5 Å². The molecule has 1 aromatic carbocycles. The molecular weight excluding hydrogens is 418 g/mol. The van der Waals surface area contributed by atoms with Crippen molar-refractivity contribution >= 4 is 33.7 Å². The first kappa shape index (κ1) is 18.8. The first-order chi connectivity index (χ1) is 15.0. The lowest BCUT2D eigenvalue weighted by Crippen LogP contribution is -2.17. The molecule has 31 heavy (non-hydrogen) atoms. The summed E-state index contributed by atoms with van der Waals surface area (Å²) in [6, 6.07) is 9.69. The third-order valence-electron chi connectivity index (χ3n) is 5.10. The molecule has 1 N–H and O–H groups in total. The molecule has 4 aromatic rings. The lowest BCUT2D eigenvalue weighted by Gasteiger charge is -2.08. The molecule has 0 saturated heterocycles. The van der Waals surface area contributed by atoms with Gasteiger partial charge in [-0.15, -0.1) is 11.3 Å². The average molecular weight is 431 g/mol. The molecule has 11 heteroatoms. The molecule has 0 fully saturated rings. The van der Waals surface area contributed by atoms with Gasteiger partial charge in [-0.3, -0.25) is 14.9 Å². The molecule has 0 aliphatic heterocycles. The van der Waals surface area contributed by atoms with Gasteiger partial charge in [-0.2, -0.15) is 19.9 Å². The Balaban J connectivity index is 1.57. The Morgan fingerprint density at radius 1 is 1.32 bits per heavy atom. The minimum Gasteiger partial charge on any atom is -0.311 e. The molecule has 0 bridgehead atoms. The largest absolute Gasteiger partial charge is 0.311 e. The van der Waals surface area contributed by atoms with Crippen molar-refractivity contribution in [2.75, 3.05) is 5.32 Å². The van der Waals surface area contributed by atoms with Crippen LogP contribution in [0.5, 0.6) is 0 Å². The number of hydrogen-bond acceptors (Lipinski definition) is 8. The number of benzene rings is 1. The van der Waals surface area contributed by atoms with Crippen LogP contribution in [-0.2, 0) is 12.8 Å². The fourth-order valence-electron chi connectivity index (χ4n) is 3.68. The van der Waals surface area contributed by atoms with E-state index in [-0.39, 0.29) is 17.2 Å². The van der Waals surface area contributed by atoms with Crippen LogP contribution in [0.2, 0.25) is 0 Å². The summed E-state index contributed by atoms with van der Waals surface area (Å²) in [4.78, 5) is 33.3. The van der Waals surface area contributed by atoms with E-state index >= 15 is 0 Å². The van der Waals surface area contributed by atoms with Gasteiger partial charge in [0.25, 0.3) is 17.4 Å². The fourth-order valence-corrected chi connectivity index (χ4v) is 4.91. The Labute approximate surface area is 179 Å². The summed E-state index contributed by atoms with van der Waals surface area (Å²) in [6.45, 7) is 0. The molecule has 0 atom stereocenters. The highest BCUT2D eigenvalue weighted by Crippen LogP contribution is 2.38. The number of aromatic nitrogens is 4. The zero-order valence-electron chi connectivity index (χ0n) is 15.9. The summed E-state index contributed by atoms with van der Waals surface area (Å²) >= 11 is 1.42. The van der Waals surface area contributed by atoms with Crippen LogP contribution in [0.4, 0.5) is 10.7 Å². The highest BCUT2D eigenvalue weighted by atomic mass is 32.1. The van der Waals surface area contributed by atoms with Crippen LogP contribution in [0.3, 0.4) is 0 Å². The number of thiophene rings is 1. The number of fused-ring (bicyclic) bond motifs is 2. The van der Waals surface area contributed by atoms with Gasteiger partial charge in [0.2, 0.25) is 0 Å². The smallest absolute Gasteiger partial charge is 0.275 e. The number of anilines is 1. The number of nitriles is 1. The van der Waals surface area contributed by atoms with Crippen LogP contribution >= 0.6 is 11.3 Å². The van der Waals surface area contributed by atoms with E-state index in [9.17, 15) is 20.2 Å². The molecule has 1 aliphatic carbocycles. The number of nitro groups is 1. The Bertz CT molecular complexity index is 1420. The first-order valence-electron chi connectivity index (χ1n) is 9.36. The highest BCUT2D eigenvalue weighted by molar-refractivity contribution is 7.16. The Kier molecular flexibility index (Phi) is 4.41. The molecule has 3 heterocycles. The number of amides is 1. The van der Waals surface area contributed by atoms with E-state index in [1.807, 2.05) is 0 Å². The molecular formula is C20H13N7O3S. The van der Waals surface area contributed by atoms with Crippen molar-refractivity contribution in [1.82, 2.24) is 19.6 Å². The summed E-state index contributed by atoms with van der Waals surface area (Å²) in [5.41, 5.74) is 2.42. The number of hydrogen-bond donors (Lipinski definition) is 1. The van der Waals surface area contributed by atoms with E-state index in [1.54, 1.807) is 12.1 Å². The lowest BCUT2D eigenvalue weighted by molar-refractivity contribution is -0.384. The van der Waals surface area contributed by atoms with Gasteiger partial charge < -0.3 is 5.32 Å². The number of nitro benzene ring substituents is 1. The van der Waals surface area contributed by atoms with Gasteiger partial charge in [-0.05, 0) is 30.9 Å². The number of nitrogens with zero attached hydrogens (tertiary/aromatic N) is 6. The zero-order chi connectivity index (χ0) is 21.5. The molecule has 5 rings (SSSR count). The highest BCUT2D eigenvalue weighted by Gasteiger charge is 2.24. The molecule has 1 aliphatic rings. The summed E-state index contributed by atoms with van der Waals surface area (Å²) in [5, 5.41) is 28.1. The van der Waals surface area contributed by atoms with Crippen LogP contribution in [-0.4, -0.2) is 30.4 Å². The van der Waals surface area contributed by atoms with Crippen molar-refractivity contribution in [3.63, 3.8) is 0 Å². The number of non-ortho nitro benzene ring substituents is 1. The first-order valence-corrected chi connectivity index (χ1v) is 10.2. The van der Waals surface area contributed by atoms with Crippen molar-refractivity contribution in [1.29, 1.82) is 5.26 Å². The van der Waals surface area contributed by atoms with Crippen molar-refractivity contribution < 1.29 is 9.72 Å². The van der Waals surface area contributed by atoms with Gasteiger partial charge in [0.1, 0.15) is 23.1 Å². The number of aryl methyl sites for hydroxylation is 1. The van der Waals surface area contributed by atoms with E-state index in [4.69, 9.17) is 0 Å². The monoisotopic (exact) mass is 431 g/mol. The summed E-state index contributed by atoms with van der Waals surface area (Å²) in [7, 11) is 0. The number of nitrogens with one attached hydrogen (secondary N) is 1. The normalized spacial score (nSPS) is 12.5. The average Bonchev–Trinajstić information content (AvgIpc) is 3.48. The third kappa shape index (κ3) is 3.19.